The summed E-state index contributed by atoms with van der Waals surface area (Å²) in [5.41, 5.74) is -0.423. The molecule has 0 unspecified atom stereocenters. The van der Waals surface area contributed by atoms with Gasteiger partial charge in [-0.3, -0.25) is 14.4 Å². The van der Waals surface area contributed by atoms with E-state index in [2.05, 4.69) is 5.32 Å². The first-order valence-electron chi connectivity index (χ1n) is 9.58. The van der Waals surface area contributed by atoms with Gasteiger partial charge in [0.2, 0.25) is 5.91 Å². The molecule has 1 fully saturated rings. The molecule has 2 N–H and O–H groups in total. The summed E-state index contributed by atoms with van der Waals surface area (Å²) in [6.45, 7) is 8.17. The van der Waals surface area contributed by atoms with Crippen molar-refractivity contribution < 1.29 is 28.1 Å². The van der Waals surface area contributed by atoms with Gasteiger partial charge < -0.3 is 20.0 Å². The zero-order valence-corrected chi connectivity index (χ0v) is 17.3. The van der Waals surface area contributed by atoms with Crippen molar-refractivity contribution in [2.75, 3.05) is 46.3 Å². The number of benzene rings is 1. The lowest BCUT2D eigenvalue weighted by Crippen LogP contribution is -3.16. The van der Waals surface area contributed by atoms with E-state index in [1.54, 1.807) is 4.90 Å². The molecule has 2 rings (SSSR count). The second kappa shape index (κ2) is 9.30. The minimum Gasteiger partial charge on any atom is -0.347 e. The zero-order valence-electron chi connectivity index (χ0n) is 17.3. The molecule has 9 heteroatoms. The Balaban J connectivity index is 1.83. The molecule has 0 aliphatic carbocycles. The molecule has 0 saturated carbocycles. The van der Waals surface area contributed by atoms with Crippen LogP contribution in [-0.4, -0.2) is 79.4 Å². The Hall–Kier alpha value is -2.55. The summed E-state index contributed by atoms with van der Waals surface area (Å²) in [4.78, 5) is 40.7. The SMILES string of the molecule is CN(CC(=O)N1CC[NH+](CC(=O)NC(C)(C)C)CC1)C(=O)c1cc(F)cc(F)c1. The highest BCUT2D eigenvalue weighted by molar-refractivity contribution is 5.96. The highest BCUT2D eigenvalue weighted by Crippen LogP contribution is 2.10. The van der Waals surface area contributed by atoms with Crippen molar-refractivity contribution in [1.29, 1.82) is 0 Å². The molecule has 0 bridgehead atoms. The summed E-state index contributed by atoms with van der Waals surface area (Å²) in [5, 5.41) is 2.92. The van der Waals surface area contributed by atoms with Crippen LogP contribution in [0.3, 0.4) is 0 Å². The second-order valence-corrected chi connectivity index (χ2v) is 8.43. The van der Waals surface area contributed by atoms with E-state index in [1.807, 2.05) is 20.8 Å². The predicted molar refractivity (Wildman–Crippen MR) is 103 cm³/mol. The molecule has 0 atom stereocenters. The van der Waals surface area contributed by atoms with Gasteiger partial charge in [-0.05, 0) is 32.9 Å². The first-order chi connectivity index (χ1) is 13.4. The third-order valence-electron chi connectivity index (χ3n) is 4.58. The Bertz CT molecular complexity index is 751. The molecule has 3 amide bonds. The summed E-state index contributed by atoms with van der Waals surface area (Å²) in [6.07, 6.45) is 0. The zero-order chi connectivity index (χ0) is 21.8. The average Bonchev–Trinajstić information content (AvgIpc) is 2.59. The van der Waals surface area contributed by atoms with Gasteiger partial charge in [0.05, 0.1) is 32.7 Å². The summed E-state index contributed by atoms with van der Waals surface area (Å²) in [5.74, 6) is -2.58. The minimum atomic E-state index is -0.845. The van der Waals surface area contributed by atoms with Crippen molar-refractivity contribution >= 4 is 17.7 Å². The molecule has 7 nitrogen and oxygen atoms in total. The molecular formula is C20H29F2N4O3+. The van der Waals surface area contributed by atoms with Crippen molar-refractivity contribution in [3.05, 3.63) is 35.4 Å². The summed E-state index contributed by atoms with van der Waals surface area (Å²) < 4.78 is 26.6. The summed E-state index contributed by atoms with van der Waals surface area (Å²) in [6, 6.07) is 2.57. The van der Waals surface area contributed by atoms with Gasteiger partial charge in [0.25, 0.3) is 11.8 Å². The van der Waals surface area contributed by atoms with Crippen molar-refractivity contribution in [3.63, 3.8) is 0 Å². The Morgan fingerprint density at radius 2 is 1.66 bits per heavy atom. The third kappa shape index (κ3) is 7.08. The number of quaternary nitrogens is 1. The lowest BCUT2D eigenvalue weighted by Gasteiger charge is -2.33. The molecule has 0 aromatic heterocycles. The van der Waals surface area contributed by atoms with E-state index in [0.29, 0.717) is 38.8 Å². The average molecular weight is 411 g/mol. The van der Waals surface area contributed by atoms with Gasteiger partial charge in [0.15, 0.2) is 6.54 Å². The molecule has 1 aliphatic heterocycles. The Labute approximate surface area is 169 Å². The fourth-order valence-electron chi connectivity index (χ4n) is 3.21. The molecule has 29 heavy (non-hydrogen) atoms. The van der Waals surface area contributed by atoms with E-state index in [0.717, 1.165) is 21.9 Å². The Kier molecular flexibility index (Phi) is 7.29. The maximum Gasteiger partial charge on any atom is 0.275 e. The van der Waals surface area contributed by atoms with Crippen LogP contribution in [0.5, 0.6) is 0 Å². The topological polar surface area (TPSA) is 74.2 Å². The van der Waals surface area contributed by atoms with E-state index in [4.69, 9.17) is 0 Å². The lowest BCUT2D eigenvalue weighted by atomic mass is 10.1. The number of likely N-dealkylation sites (N-methyl/N-ethyl adjacent to an activating group) is 1. The van der Waals surface area contributed by atoms with Crippen molar-refractivity contribution in [2.45, 2.75) is 26.3 Å². The normalized spacial score (nSPS) is 15.2. The smallest absolute Gasteiger partial charge is 0.275 e. The third-order valence-corrected chi connectivity index (χ3v) is 4.58. The number of carbonyl (C=O) groups excluding carboxylic acids is 3. The van der Waals surface area contributed by atoms with Crippen LogP contribution in [0.1, 0.15) is 31.1 Å². The molecule has 0 spiro atoms. The van der Waals surface area contributed by atoms with Crippen LogP contribution in [0, 0.1) is 11.6 Å². The Morgan fingerprint density at radius 3 is 2.17 bits per heavy atom. The number of rotatable bonds is 5. The van der Waals surface area contributed by atoms with Gasteiger partial charge in [0, 0.05) is 24.2 Å². The number of amides is 3. The Morgan fingerprint density at radius 1 is 1.10 bits per heavy atom. The maximum absolute atomic E-state index is 13.3. The molecule has 1 aromatic rings. The van der Waals surface area contributed by atoms with Gasteiger partial charge in [-0.1, -0.05) is 0 Å². The van der Waals surface area contributed by atoms with Gasteiger partial charge in [-0.15, -0.1) is 0 Å². The maximum atomic E-state index is 13.3. The summed E-state index contributed by atoms with van der Waals surface area (Å²) in [7, 11) is 1.42. The quantitative estimate of drug-likeness (QED) is 0.698. The number of hydrogen-bond donors (Lipinski definition) is 2. The molecule has 1 heterocycles. The second-order valence-electron chi connectivity index (χ2n) is 8.43. The van der Waals surface area contributed by atoms with Crippen molar-refractivity contribution in [1.82, 2.24) is 15.1 Å². The summed E-state index contributed by atoms with van der Waals surface area (Å²) >= 11 is 0. The molecule has 1 aliphatic rings. The van der Waals surface area contributed by atoms with E-state index in [1.165, 1.54) is 7.05 Å². The van der Waals surface area contributed by atoms with E-state index < -0.39 is 17.5 Å². The van der Waals surface area contributed by atoms with Crippen molar-refractivity contribution in [2.24, 2.45) is 0 Å². The largest absolute Gasteiger partial charge is 0.347 e. The van der Waals surface area contributed by atoms with Crippen LogP contribution in [0.4, 0.5) is 8.78 Å². The van der Waals surface area contributed by atoms with Crippen LogP contribution in [-0.2, 0) is 9.59 Å². The molecule has 1 aromatic carbocycles. The number of nitrogens with zero attached hydrogens (tertiary/aromatic N) is 2. The van der Waals surface area contributed by atoms with Gasteiger partial charge in [0.1, 0.15) is 11.6 Å². The molecule has 0 radical (unpaired) electrons. The van der Waals surface area contributed by atoms with E-state index in [9.17, 15) is 23.2 Å². The van der Waals surface area contributed by atoms with Crippen LogP contribution in [0.15, 0.2) is 18.2 Å². The van der Waals surface area contributed by atoms with Crippen molar-refractivity contribution in [3.8, 4) is 0 Å². The number of nitrogens with one attached hydrogen (secondary N) is 2. The van der Waals surface area contributed by atoms with Crippen LogP contribution in [0.25, 0.3) is 0 Å². The molecule has 1 saturated heterocycles. The highest BCUT2D eigenvalue weighted by atomic mass is 19.1. The minimum absolute atomic E-state index is 0.0278. The molecular weight excluding hydrogens is 382 g/mol. The first-order valence-corrected chi connectivity index (χ1v) is 9.58. The fourth-order valence-corrected chi connectivity index (χ4v) is 3.21. The number of carbonyl (C=O) groups is 3. The standard InChI is InChI=1S/C20H28F2N4O3/c1-20(2,3)23-17(27)12-25-5-7-26(8-6-25)18(28)13-24(4)19(29)14-9-15(21)11-16(22)10-14/h9-11H,5-8,12-13H2,1-4H3,(H,23,27)/p+1. The highest BCUT2D eigenvalue weighted by Gasteiger charge is 2.27. The van der Waals surface area contributed by atoms with Gasteiger partial charge in [-0.25, -0.2) is 8.78 Å². The van der Waals surface area contributed by atoms with Crippen LogP contribution >= 0.6 is 0 Å². The van der Waals surface area contributed by atoms with E-state index >= 15 is 0 Å². The lowest BCUT2D eigenvalue weighted by molar-refractivity contribution is -0.896. The van der Waals surface area contributed by atoms with E-state index in [-0.39, 0.29) is 29.5 Å². The van der Waals surface area contributed by atoms with Crippen LogP contribution in [0.2, 0.25) is 0 Å². The molecule has 160 valence electrons. The van der Waals surface area contributed by atoms with Gasteiger partial charge in [-0.2, -0.15) is 0 Å². The number of piperazine rings is 1. The van der Waals surface area contributed by atoms with Gasteiger partial charge >= 0.3 is 0 Å². The fraction of sp³-hybridized carbons (Fsp3) is 0.550. The first kappa shape index (κ1) is 22.7. The van der Waals surface area contributed by atoms with Crippen LogP contribution < -0.4 is 10.2 Å². The monoisotopic (exact) mass is 411 g/mol. The predicted octanol–water partition coefficient (Wildman–Crippen LogP) is -0.321. The number of halogens is 2. The number of hydrogen-bond acceptors (Lipinski definition) is 3.